The topological polar surface area (TPSA) is 64.3 Å². The molecule has 3 aromatic rings. The van der Waals surface area contributed by atoms with E-state index in [-0.39, 0.29) is 11.2 Å². The second-order valence-electron chi connectivity index (χ2n) is 5.95. The number of benzene rings is 2. The van der Waals surface area contributed by atoms with Gasteiger partial charge in [-0.05, 0) is 43.1 Å². The van der Waals surface area contributed by atoms with Crippen LogP contribution in [-0.2, 0) is 13.0 Å². The number of hydrogen-bond donors (Lipinski definition) is 0. The fourth-order valence-corrected chi connectivity index (χ4v) is 2.80. The standard InChI is InChI=1S/C20H19N3O2/c1-14-15(2)21-19(17-10-6-7-11-18(17)22-25)23(20(14)24)13-12-16-8-4-3-5-9-16/h3-11H,12-13H2,1-2H3. The molecule has 0 amide bonds. The van der Waals surface area contributed by atoms with E-state index in [4.69, 9.17) is 0 Å². The molecule has 0 aliphatic heterocycles. The monoisotopic (exact) mass is 333 g/mol. The van der Waals surface area contributed by atoms with Crippen molar-refractivity contribution in [1.29, 1.82) is 0 Å². The van der Waals surface area contributed by atoms with Crippen molar-refractivity contribution in [2.45, 2.75) is 26.8 Å². The third kappa shape index (κ3) is 3.40. The van der Waals surface area contributed by atoms with Crippen LogP contribution in [0.4, 0.5) is 5.69 Å². The molecule has 0 spiro atoms. The number of aromatic nitrogens is 2. The van der Waals surface area contributed by atoms with E-state index < -0.39 is 0 Å². The minimum atomic E-state index is -0.0841. The van der Waals surface area contributed by atoms with Crippen molar-refractivity contribution in [3.05, 3.63) is 86.7 Å². The molecule has 5 heteroatoms. The lowest BCUT2D eigenvalue weighted by atomic mass is 10.1. The van der Waals surface area contributed by atoms with E-state index >= 15 is 0 Å². The second kappa shape index (κ2) is 7.21. The summed E-state index contributed by atoms with van der Waals surface area (Å²) in [6.07, 6.45) is 0.703. The highest BCUT2D eigenvalue weighted by Crippen LogP contribution is 2.28. The van der Waals surface area contributed by atoms with Crippen molar-refractivity contribution in [3.63, 3.8) is 0 Å². The molecule has 0 aliphatic carbocycles. The number of nitrogens with zero attached hydrogens (tertiary/aromatic N) is 3. The molecule has 0 saturated carbocycles. The fourth-order valence-electron chi connectivity index (χ4n) is 2.80. The zero-order valence-corrected chi connectivity index (χ0v) is 14.3. The minimum absolute atomic E-state index is 0.0841. The third-order valence-electron chi connectivity index (χ3n) is 4.35. The molecule has 0 saturated heterocycles. The largest absolute Gasteiger partial charge is 0.292 e. The Balaban J connectivity index is 2.11. The van der Waals surface area contributed by atoms with Gasteiger partial charge in [0.2, 0.25) is 0 Å². The quantitative estimate of drug-likeness (QED) is 0.658. The molecule has 0 unspecified atom stereocenters. The van der Waals surface area contributed by atoms with Gasteiger partial charge < -0.3 is 0 Å². The molecule has 126 valence electrons. The summed E-state index contributed by atoms with van der Waals surface area (Å²) in [7, 11) is 0. The maximum atomic E-state index is 12.8. The first-order valence-corrected chi connectivity index (χ1v) is 8.16. The Hall–Kier alpha value is -3.08. The van der Waals surface area contributed by atoms with Gasteiger partial charge in [-0.1, -0.05) is 42.5 Å². The predicted octanol–water partition coefficient (Wildman–Crippen LogP) is 4.17. The van der Waals surface area contributed by atoms with Crippen molar-refractivity contribution < 1.29 is 0 Å². The van der Waals surface area contributed by atoms with Crippen LogP contribution in [0.2, 0.25) is 0 Å². The third-order valence-corrected chi connectivity index (χ3v) is 4.35. The molecular formula is C20H19N3O2. The van der Waals surface area contributed by atoms with E-state index in [1.807, 2.05) is 36.4 Å². The average Bonchev–Trinajstić information content (AvgIpc) is 2.66. The Bertz CT molecular complexity index is 962. The van der Waals surface area contributed by atoms with Crippen molar-refractivity contribution in [1.82, 2.24) is 9.55 Å². The van der Waals surface area contributed by atoms with Crippen LogP contribution in [-0.4, -0.2) is 9.55 Å². The Morgan fingerprint density at radius 2 is 1.68 bits per heavy atom. The molecule has 0 bridgehead atoms. The highest BCUT2D eigenvalue weighted by molar-refractivity contribution is 5.71. The van der Waals surface area contributed by atoms with Crippen molar-refractivity contribution in [3.8, 4) is 11.4 Å². The first-order valence-electron chi connectivity index (χ1n) is 8.16. The highest BCUT2D eigenvalue weighted by atomic mass is 16.3. The van der Waals surface area contributed by atoms with Gasteiger partial charge in [-0.15, -0.1) is 4.91 Å². The van der Waals surface area contributed by atoms with Crippen LogP contribution in [0.1, 0.15) is 16.8 Å². The summed E-state index contributed by atoms with van der Waals surface area (Å²) in [6, 6.07) is 16.9. The number of hydrogen-bond acceptors (Lipinski definition) is 4. The van der Waals surface area contributed by atoms with E-state index in [1.54, 1.807) is 36.6 Å². The van der Waals surface area contributed by atoms with E-state index in [0.717, 1.165) is 5.56 Å². The smallest absolute Gasteiger partial charge is 0.256 e. The van der Waals surface area contributed by atoms with E-state index in [2.05, 4.69) is 10.2 Å². The summed E-state index contributed by atoms with van der Waals surface area (Å²) in [5.41, 5.74) is 3.20. The maximum absolute atomic E-state index is 12.8. The van der Waals surface area contributed by atoms with Crippen LogP contribution >= 0.6 is 0 Å². The van der Waals surface area contributed by atoms with Gasteiger partial charge in [-0.25, -0.2) is 4.98 Å². The Morgan fingerprint density at radius 3 is 2.40 bits per heavy atom. The molecule has 1 heterocycles. The average molecular weight is 333 g/mol. The predicted molar refractivity (Wildman–Crippen MR) is 99.0 cm³/mol. The van der Waals surface area contributed by atoms with Gasteiger partial charge in [-0.2, -0.15) is 0 Å². The van der Waals surface area contributed by atoms with Crippen LogP contribution in [0.25, 0.3) is 11.4 Å². The lowest BCUT2D eigenvalue weighted by molar-refractivity contribution is 0.655. The molecule has 1 aromatic heterocycles. The van der Waals surface area contributed by atoms with Crippen molar-refractivity contribution in [2.24, 2.45) is 5.18 Å². The Labute approximate surface area is 146 Å². The zero-order chi connectivity index (χ0) is 17.8. The highest BCUT2D eigenvalue weighted by Gasteiger charge is 2.16. The van der Waals surface area contributed by atoms with E-state index in [1.165, 1.54) is 0 Å². The first kappa shape index (κ1) is 16.8. The first-order chi connectivity index (χ1) is 12.1. The summed E-state index contributed by atoms with van der Waals surface area (Å²) in [5, 5.41) is 3.08. The Kier molecular flexibility index (Phi) is 4.84. The SMILES string of the molecule is Cc1nc(-c2ccccc2N=O)n(CCc2ccccc2)c(=O)c1C. The van der Waals surface area contributed by atoms with E-state index in [9.17, 15) is 9.70 Å². The molecule has 0 N–H and O–H groups in total. The molecule has 2 aromatic carbocycles. The lowest BCUT2D eigenvalue weighted by Crippen LogP contribution is -2.27. The summed E-state index contributed by atoms with van der Waals surface area (Å²) in [6.45, 7) is 4.07. The van der Waals surface area contributed by atoms with Gasteiger partial charge in [0.15, 0.2) is 0 Å². The van der Waals surface area contributed by atoms with Gasteiger partial charge in [-0.3, -0.25) is 9.36 Å². The molecule has 25 heavy (non-hydrogen) atoms. The second-order valence-corrected chi connectivity index (χ2v) is 5.95. The van der Waals surface area contributed by atoms with Crippen LogP contribution in [0.3, 0.4) is 0 Å². The van der Waals surface area contributed by atoms with Crippen molar-refractivity contribution >= 4 is 5.69 Å². The summed E-state index contributed by atoms with van der Waals surface area (Å²) >= 11 is 0. The molecule has 0 atom stereocenters. The van der Waals surface area contributed by atoms with Crippen LogP contribution in [0.15, 0.2) is 64.6 Å². The lowest BCUT2D eigenvalue weighted by Gasteiger charge is -2.15. The molecule has 0 fully saturated rings. The van der Waals surface area contributed by atoms with Crippen LogP contribution < -0.4 is 5.56 Å². The van der Waals surface area contributed by atoms with Crippen molar-refractivity contribution in [2.75, 3.05) is 0 Å². The summed E-state index contributed by atoms with van der Waals surface area (Å²) in [4.78, 5) is 28.6. The fraction of sp³-hybridized carbons (Fsp3) is 0.200. The molecular weight excluding hydrogens is 314 g/mol. The van der Waals surface area contributed by atoms with Gasteiger partial charge in [0.25, 0.3) is 5.56 Å². The number of rotatable bonds is 5. The maximum Gasteiger partial charge on any atom is 0.256 e. The van der Waals surface area contributed by atoms with E-state index in [0.29, 0.717) is 35.6 Å². The Morgan fingerprint density at radius 1 is 1.00 bits per heavy atom. The molecule has 0 aliphatic rings. The molecule has 5 nitrogen and oxygen atoms in total. The summed E-state index contributed by atoms with van der Waals surface area (Å²) < 4.78 is 1.64. The molecule has 0 radical (unpaired) electrons. The van der Waals surface area contributed by atoms with Crippen LogP contribution in [0.5, 0.6) is 0 Å². The van der Waals surface area contributed by atoms with Gasteiger partial charge in [0, 0.05) is 23.4 Å². The normalized spacial score (nSPS) is 10.6. The van der Waals surface area contributed by atoms with Crippen LogP contribution in [0, 0.1) is 18.8 Å². The number of aryl methyl sites for hydroxylation is 2. The summed E-state index contributed by atoms with van der Waals surface area (Å²) in [5.74, 6) is 0.485. The zero-order valence-electron chi connectivity index (χ0n) is 14.3. The van der Waals surface area contributed by atoms with Gasteiger partial charge in [0.05, 0.1) is 0 Å². The minimum Gasteiger partial charge on any atom is -0.292 e. The van der Waals surface area contributed by atoms with Gasteiger partial charge >= 0.3 is 0 Å². The molecule has 3 rings (SSSR count). The number of nitroso groups, excluding NO2 is 1. The van der Waals surface area contributed by atoms with Gasteiger partial charge in [0.1, 0.15) is 11.5 Å².